The van der Waals surface area contributed by atoms with Gasteiger partial charge in [0.05, 0.1) is 5.75 Å². The minimum absolute atomic E-state index is 0.0160. The number of thioether (sulfide) groups is 3. The van der Waals surface area contributed by atoms with E-state index in [1.54, 1.807) is 0 Å². The van der Waals surface area contributed by atoms with Gasteiger partial charge in [-0.25, -0.2) is 4.79 Å². The van der Waals surface area contributed by atoms with E-state index in [2.05, 4.69) is 15.5 Å². The monoisotopic (exact) mass is 550 g/mol. The highest BCUT2D eigenvalue weighted by atomic mass is 32.2. The van der Waals surface area contributed by atoms with Gasteiger partial charge in [0.25, 0.3) is 21.2 Å². The maximum absolute atomic E-state index is 12.4. The van der Waals surface area contributed by atoms with Crippen LogP contribution in [0, 0.1) is 0 Å². The maximum atomic E-state index is 12.4. The lowest BCUT2D eigenvalue weighted by atomic mass is 10.0. The van der Waals surface area contributed by atoms with E-state index in [-0.39, 0.29) is 28.3 Å². The number of nitrogens with zero attached hydrogens (tertiary/aromatic N) is 3. The molecule has 33 heavy (non-hydrogen) atoms. The Morgan fingerprint density at radius 2 is 2.03 bits per heavy atom. The van der Waals surface area contributed by atoms with Crippen LogP contribution in [-0.2, 0) is 30.3 Å². The zero-order valence-electron chi connectivity index (χ0n) is 15.9. The summed E-state index contributed by atoms with van der Waals surface area (Å²) in [5, 5.41) is 17.9. The van der Waals surface area contributed by atoms with Gasteiger partial charge in [0.2, 0.25) is 11.8 Å². The number of halogens is 3. The average molecular weight is 551 g/mol. The van der Waals surface area contributed by atoms with E-state index in [9.17, 15) is 41.1 Å². The molecule has 2 amide bonds. The molecule has 2 aliphatic heterocycles. The summed E-state index contributed by atoms with van der Waals surface area (Å²) in [5.74, 6) is -5.28. The van der Waals surface area contributed by atoms with Crippen LogP contribution in [0.3, 0.4) is 0 Å². The molecule has 3 N–H and O–H groups in total. The number of hydrogen-bond acceptors (Lipinski definition) is 11. The Bertz CT molecular complexity index is 1110. The second-order valence-corrected chi connectivity index (χ2v) is 10.9. The molecule has 0 saturated carbocycles. The second kappa shape index (κ2) is 9.72. The summed E-state index contributed by atoms with van der Waals surface area (Å²) >= 11 is 1.44. The number of hydrogen-bond donors (Lipinski definition) is 3. The number of carbonyl (C=O) groups excluding carboxylic acids is 2. The molecule has 1 aromatic rings. The van der Waals surface area contributed by atoms with Gasteiger partial charge in [0, 0.05) is 11.5 Å². The Morgan fingerprint density at radius 3 is 2.64 bits per heavy atom. The molecule has 1 fully saturated rings. The number of β-lactam (4-membered cyclic amide) rings is 1. The fourth-order valence-corrected chi connectivity index (χ4v) is 5.89. The van der Waals surface area contributed by atoms with Crippen LogP contribution >= 0.6 is 35.3 Å². The van der Waals surface area contributed by atoms with E-state index in [0.29, 0.717) is 5.57 Å². The van der Waals surface area contributed by atoms with E-state index < -0.39 is 68.1 Å². The summed E-state index contributed by atoms with van der Waals surface area (Å²) < 4.78 is 72.2. The Hall–Kier alpha value is -1.96. The van der Waals surface area contributed by atoms with Crippen LogP contribution in [0.2, 0.25) is 0 Å². The van der Waals surface area contributed by atoms with Crippen molar-refractivity contribution in [1.29, 1.82) is 0 Å². The van der Waals surface area contributed by atoms with Crippen LogP contribution in [-0.4, -0.2) is 85.1 Å². The van der Waals surface area contributed by atoms with Crippen LogP contribution in [0.1, 0.15) is 5.89 Å². The second-order valence-electron chi connectivity index (χ2n) is 6.42. The molecule has 19 heteroatoms. The third-order valence-corrected chi connectivity index (χ3v) is 7.65. The van der Waals surface area contributed by atoms with Crippen molar-refractivity contribution < 1.29 is 50.0 Å². The molecule has 0 bridgehead atoms. The van der Waals surface area contributed by atoms with Gasteiger partial charge in [0.1, 0.15) is 17.1 Å². The molecule has 12 nitrogen and oxygen atoms in total. The predicted octanol–water partition coefficient (Wildman–Crippen LogP) is 0.541. The number of alkyl halides is 3. The summed E-state index contributed by atoms with van der Waals surface area (Å²) in [6, 6.07) is -1.15. The third kappa shape index (κ3) is 6.55. The zero-order valence-corrected chi connectivity index (χ0v) is 19.2. The van der Waals surface area contributed by atoms with Gasteiger partial charge in [-0.1, -0.05) is 11.8 Å². The topological polar surface area (TPSA) is 180 Å². The summed E-state index contributed by atoms with van der Waals surface area (Å²) in [6.45, 7) is 0. The molecular formula is C14H13F3N4O8S4. The number of carboxylic acid groups (broad SMARTS) is 1. The van der Waals surface area contributed by atoms with Crippen molar-refractivity contribution in [2.45, 2.75) is 27.9 Å². The molecule has 2 aliphatic rings. The summed E-state index contributed by atoms with van der Waals surface area (Å²) in [5.41, 5.74) is -4.64. The van der Waals surface area contributed by atoms with Crippen LogP contribution in [0.25, 0.3) is 0 Å². The molecule has 3 heterocycles. The third-order valence-electron chi connectivity index (χ3n) is 4.06. The number of fused-ring (bicyclic) bond motifs is 1. The van der Waals surface area contributed by atoms with Crippen molar-refractivity contribution in [1.82, 2.24) is 20.4 Å². The number of nitrogens with one attached hydrogen (secondary N) is 1. The average Bonchev–Trinajstić information content (AvgIpc) is 3.12. The highest BCUT2D eigenvalue weighted by molar-refractivity contribution is 8.01. The molecule has 0 aliphatic carbocycles. The fourth-order valence-electron chi connectivity index (χ4n) is 2.82. The Morgan fingerprint density at radius 1 is 1.33 bits per heavy atom. The minimum atomic E-state index is -4.61. The van der Waals surface area contributed by atoms with Crippen molar-refractivity contribution in [2.75, 3.05) is 17.3 Å². The number of carboxylic acids is 1. The van der Waals surface area contributed by atoms with Crippen molar-refractivity contribution in [3.8, 4) is 0 Å². The highest BCUT2D eigenvalue weighted by Crippen LogP contribution is 2.41. The lowest BCUT2D eigenvalue weighted by Gasteiger charge is -2.49. The SMILES string of the molecule is O=C(CSC(F)(F)F)NC1C(=O)N2C(C(=O)O)=C(CSc3nnc(CS(=O)(=O)O)o3)CS[C@@H]12. The lowest BCUT2D eigenvalue weighted by Crippen LogP contribution is -2.70. The minimum Gasteiger partial charge on any atom is -0.477 e. The van der Waals surface area contributed by atoms with Gasteiger partial charge in [0.15, 0.2) is 5.75 Å². The van der Waals surface area contributed by atoms with E-state index >= 15 is 0 Å². The Balaban J connectivity index is 1.65. The molecule has 0 radical (unpaired) electrons. The number of rotatable bonds is 9. The summed E-state index contributed by atoms with van der Waals surface area (Å²) in [4.78, 5) is 36.9. The smallest absolute Gasteiger partial charge is 0.442 e. The standard InChI is InChI=1S/C14H13F3N4O8S4/c15-14(16,17)32-3-6(22)18-8-10(23)21-9(12(24)25)5(1-30-11(8)21)2-31-13-20-19-7(29-13)4-33(26,27)28/h8,11H,1-4H2,(H,18,22)(H,24,25)(H,26,27,28)/t8?,11-/m0/s1. The van der Waals surface area contributed by atoms with Gasteiger partial charge in [-0.15, -0.1) is 22.0 Å². The van der Waals surface area contributed by atoms with Gasteiger partial charge in [-0.05, 0) is 17.3 Å². The number of carbonyl (C=O) groups is 3. The largest absolute Gasteiger partial charge is 0.477 e. The van der Waals surface area contributed by atoms with E-state index in [1.807, 2.05) is 0 Å². The van der Waals surface area contributed by atoms with Crippen molar-refractivity contribution >= 4 is 63.2 Å². The van der Waals surface area contributed by atoms with Gasteiger partial charge in [-0.3, -0.25) is 19.0 Å². The van der Waals surface area contributed by atoms with Crippen molar-refractivity contribution in [3.05, 3.63) is 17.2 Å². The molecule has 3 rings (SSSR count). The maximum Gasteiger partial charge on any atom is 0.442 e. The van der Waals surface area contributed by atoms with Crippen molar-refractivity contribution in [2.24, 2.45) is 0 Å². The first-order valence-corrected chi connectivity index (χ1v) is 13.2. The lowest BCUT2D eigenvalue weighted by molar-refractivity contribution is -0.150. The van der Waals surface area contributed by atoms with E-state index in [0.717, 1.165) is 28.4 Å². The Kier molecular flexibility index (Phi) is 7.56. The quantitative estimate of drug-likeness (QED) is 0.220. The molecule has 1 saturated heterocycles. The molecule has 2 atom stereocenters. The number of aromatic nitrogens is 2. The first-order valence-electron chi connectivity index (χ1n) is 8.55. The molecule has 1 aromatic heterocycles. The van der Waals surface area contributed by atoms with E-state index in [4.69, 9.17) is 8.97 Å². The first-order chi connectivity index (χ1) is 15.2. The highest BCUT2D eigenvalue weighted by Gasteiger charge is 2.54. The van der Waals surface area contributed by atoms with Crippen molar-refractivity contribution in [3.63, 3.8) is 0 Å². The van der Waals surface area contributed by atoms with Gasteiger partial charge < -0.3 is 14.8 Å². The Labute approximate surface area is 195 Å². The molecule has 1 unspecified atom stereocenters. The summed E-state index contributed by atoms with van der Waals surface area (Å²) in [6.07, 6.45) is 0. The van der Waals surface area contributed by atoms with Crippen LogP contribution in [0.15, 0.2) is 20.9 Å². The molecule has 182 valence electrons. The fraction of sp³-hybridized carbons (Fsp3) is 0.500. The van der Waals surface area contributed by atoms with Gasteiger partial charge in [-0.2, -0.15) is 21.6 Å². The van der Waals surface area contributed by atoms with E-state index in [1.165, 1.54) is 0 Å². The van der Waals surface area contributed by atoms with Crippen LogP contribution in [0.4, 0.5) is 13.2 Å². The van der Waals surface area contributed by atoms with Crippen LogP contribution < -0.4 is 5.32 Å². The first kappa shape index (κ1) is 25.7. The predicted molar refractivity (Wildman–Crippen MR) is 108 cm³/mol. The summed E-state index contributed by atoms with van der Waals surface area (Å²) in [7, 11) is -4.38. The molecular weight excluding hydrogens is 537 g/mol. The molecule has 0 aromatic carbocycles. The normalized spacial score (nSPS) is 21.0. The zero-order chi connectivity index (χ0) is 24.6. The number of amides is 2. The number of aliphatic carboxylic acids is 1. The molecule has 0 spiro atoms. The van der Waals surface area contributed by atoms with Crippen LogP contribution in [0.5, 0.6) is 0 Å². The van der Waals surface area contributed by atoms with Gasteiger partial charge >= 0.3 is 11.5 Å².